The predicted octanol–water partition coefficient (Wildman–Crippen LogP) is 3.39. The third-order valence-corrected chi connectivity index (χ3v) is 4.24. The molecule has 3 rings (SSSR count). The maximum absolute atomic E-state index is 12.4. The summed E-state index contributed by atoms with van der Waals surface area (Å²) in [5, 5.41) is 13.5. The van der Waals surface area contributed by atoms with E-state index in [0.29, 0.717) is 28.4 Å². The van der Waals surface area contributed by atoms with Crippen LogP contribution in [0.3, 0.4) is 0 Å². The van der Waals surface area contributed by atoms with E-state index < -0.39 is 11.9 Å². The van der Waals surface area contributed by atoms with Crippen LogP contribution in [0.5, 0.6) is 23.0 Å². The number of carbonyl (C=O) groups is 2. The molecule has 0 aliphatic carbocycles. The summed E-state index contributed by atoms with van der Waals surface area (Å²) in [6, 6.07) is 17.5. The summed E-state index contributed by atoms with van der Waals surface area (Å²) in [7, 11) is 3.00. The van der Waals surface area contributed by atoms with Crippen LogP contribution < -0.4 is 19.6 Å². The summed E-state index contributed by atoms with van der Waals surface area (Å²) in [4.78, 5) is 24.4. The van der Waals surface area contributed by atoms with E-state index in [-0.39, 0.29) is 11.3 Å². The van der Waals surface area contributed by atoms with E-state index in [0.717, 1.165) is 0 Å². The number of esters is 1. The number of para-hydroxylation sites is 1. The first kappa shape index (κ1) is 21.4. The van der Waals surface area contributed by atoms with Gasteiger partial charge < -0.3 is 19.3 Å². The van der Waals surface area contributed by atoms with Gasteiger partial charge in [-0.25, -0.2) is 10.2 Å². The number of phenolic OH excluding ortho intramolecular Hbond substituents is 1. The molecule has 0 radical (unpaired) electrons. The Hall–Kier alpha value is -4.33. The monoisotopic (exact) mass is 420 g/mol. The molecule has 0 aromatic heterocycles. The van der Waals surface area contributed by atoms with Gasteiger partial charge in [0.15, 0.2) is 11.5 Å². The molecule has 2 N–H and O–H groups in total. The van der Waals surface area contributed by atoms with Gasteiger partial charge in [0.05, 0.1) is 31.6 Å². The van der Waals surface area contributed by atoms with Crippen molar-refractivity contribution in [2.45, 2.75) is 0 Å². The highest BCUT2D eigenvalue weighted by molar-refractivity contribution is 5.97. The van der Waals surface area contributed by atoms with Crippen LogP contribution in [0, 0.1) is 0 Å². The standard InChI is InChI=1S/C23H20N2O6/c1-29-20-12-9-16(13-21(20)30-2)23(28)31-17-10-7-15(8-11-17)14-24-25-22(27)18-5-3-4-6-19(18)26/h3-14,26H,1-2H3,(H,25,27)/b24-14+. The number of hydrogen-bond donors (Lipinski definition) is 2. The molecule has 8 nitrogen and oxygen atoms in total. The third kappa shape index (κ3) is 5.39. The van der Waals surface area contributed by atoms with Crippen molar-refractivity contribution in [1.82, 2.24) is 5.43 Å². The number of hydrazone groups is 1. The number of amides is 1. The fraction of sp³-hybridized carbons (Fsp3) is 0.0870. The number of ether oxygens (including phenoxy) is 3. The molecule has 0 saturated carbocycles. The Bertz CT molecular complexity index is 1110. The highest BCUT2D eigenvalue weighted by atomic mass is 16.5. The van der Waals surface area contributed by atoms with E-state index in [1.54, 1.807) is 48.5 Å². The molecule has 0 unspecified atom stereocenters. The summed E-state index contributed by atoms with van der Waals surface area (Å²) in [5.41, 5.74) is 3.45. The van der Waals surface area contributed by atoms with Gasteiger partial charge in [0.1, 0.15) is 11.5 Å². The minimum Gasteiger partial charge on any atom is -0.507 e. The average Bonchev–Trinajstić information content (AvgIpc) is 2.79. The van der Waals surface area contributed by atoms with Gasteiger partial charge in [0.2, 0.25) is 0 Å². The first-order chi connectivity index (χ1) is 15.0. The molecule has 1 amide bonds. The van der Waals surface area contributed by atoms with Gasteiger partial charge in [0, 0.05) is 0 Å². The molecular formula is C23H20N2O6. The van der Waals surface area contributed by atoms with Crippen molar-refractivity contribution in [2.24, 2.45) is 5.10 Å². The molecule has 0 saturated heterocycles. The molecule has 3 aromatic carbocycles. The Morgan fingerprint density at radius 3 is 2.32 bits per heavy atom. The fourth-order valence-electron chi connectivity index (χ4n) is 2.64. The van der Waals surface area contributed by atoms with Crippen molar-refractivity contribution in [3.8, 4) is 23.0 Å². The van der Waals surface area contributed by atoms with Crippen LogP contribution in [0.1, 0.15) is 26.3 Å². The number of nitrogens with one attached hydrogen (secondary N) is 1. The minimum atomic E-state index is -0.544. The molecule has 3 aromatic rings. The van der Waals surface area contributed by atoms with E-state index in [4.69, 9.17) is 14.2 Å². The number of benzene rings is 3. The second kappa shape index (κ2) is 9.93. The zero-order valence-electron chi connectivity index (χ0n) is 16.9. The van der Waals surface area contributed by atoms with Crippen molar-refractivity contribution in [3.63, 3.8) is 0 Å². The molecule has 31 heavy (non-hydrogen) atoms. The highest BCUT2D eigenvalue weighted by Crippen LogP contribution is 2.28. The summed E-state index contributed by atoms with van der Waals surface area (Å²) >= 11 is 0. The summed E-state index contributed by atoms with van der Waals surface area (Å²) in [5.74, 6) is 0.0739. The lowest BCUT2D eigenvalue weighted by molar-refractivity contribution is 0.0734. The molecule has 0 atom stereocenters. The molecule has 0 bridgehead atoms. The normalized spacial score (nSPS) is 10.5. The van der Waals surface area contributed by atoms with Crippen molar-refractivity contribution < 1.29 is 28.9 Å². The SMILES string of the molecule is COc1ccc(C(=O)Oc2ccc(/C=N/NC(=O)c3ccccc3O)cc2)cc1OC. The topological polar surface area (TPSA) is 106 Å². The van der Waals surface area contributed by atoms with Gasteiger partial charge >= 0.3 is 5.97 Å². The number of hydrogen-bond acceptors (Lipinski definition) is 7. The molecule has 158 valence electrons. The largest absolute Gasteiger partial charge is 0.507 e. The maximum Gasteiger partial charge on any atom is 0.343 e. The van der Waals surface area contributed by atoms with E-state index in [1.165, 1.54) is 38.6 Å². The lowest BCUT2D eigenvalue weighted by Crippen LogP contribution is -2.17. The van der Waals surface area contributed by atoms with Crippen LogP contribution >= 0.6 is 0 Å². The Morgan fingerprint density at radius 2 is 1.65 bits per heavy atom. The number of nitrogens with zero attached hydrogens (tertiary/aromatic N) is 1. The van der Waals surface area contributed by atoms with Gasteiger partial charge in [-0.05, 0) is 60.2 Å². The zero-order valence-corrected chi connectivity index (χ0v) is 16.9. The number of rotatable bonds is 7. The molecule has 0 heterocycles. The first-order valence-electron chi connectivity index (χ1n) is 9.17. The van der Waals surface area contributed by atoms with Crippen LogP contribution in [0.25, 0.3) is 0 Å². The first-order valence-corrected chi connectivity index (χ1v) is 9.17. The highest BCUT2D eigenvalue weighted by Gasteiger charge is 2.13. The van der Waals surface area contributed by atoms with Crippen LogP contribution in [0.15, 0.2) is 71.8 Å². The average molecular weight is 420 g/mol. The summed E-state index contributed by atoms with van der Waals surface area (Å²) < 4.78 is 15.7. The van der Waals surface area contributed by atoms with Crippen LogP contribution in [-0.2, 0) is 0 Å². The van der Waals surface area contributed by atoms with Crippen molar-refractivity contribution in [3.05, 3.63) is 83.4 Å². The van der Waals surface area contributed by atoms with Crippen molar-refractivity contribution in [2.75, 3.05) is 14.2 Å². The smallest absolute Gasteiger partial charge is 0.343 e. The van der Waals surface area contributed by atoms with Crippen LogP contribution in [-0.4, -0.2) is 37.4 Å². The Morgan fingerprint density at radius 1 is 0.935 bits per heavy atom. The Kier molecular flexibility index (Phi) is 6.85. The fourth-order valence-corrected chi connectivity index (χ4v) is 2.64. The molecule has 0 spiro atoms. The second-order valence-electron chi connectivity index (χ2n) is 6.24. The minimum absolute atomic E-state index is 0.122. The molecule has 0 aliphatic heterocycles. The van der Waals surface area contributed by atoms with Gasteiger partial charge in [-0.2, -0.15) is 5.10 Å². The summed E-state index contributed by atoms with van der Waals surface area (Å²) in [6.07, 6.45) is 1.43. The number of aromatic hydroxyl groups is 1. The quantitative estimate of drug-likeness (QED) is 0.263. The number of methoxy groups -OCH3 is 2. The summed E-state index contributed by atoms with van der Waals surface area (Å²) in [6.45, 7) is 0. The lowest BCUT2D eigenvalue weighted by Gasteiger charge is -2.09. The van der Waals surface area contributed by atoms with E-state index in [1.807, 2.05) is 0 Å². The third-order valence-electron chi connectivity index (χ3n) is 4.24. The van der Waals surface area contributed by atoms with E-state index >= 15 is 0 Å². The van der Waals surface area contributed by atoms with Gasteiger partial charge in [-0.1, -0.05) is 12.1 Å². The van der Waals surface area contributed by atoms with Gasteiger partial charge in [0.25, 0.3) is 5.91 Å². The van der Waals surface area contributed by atoms with Gasteiger partial charge in [-0.3, -0.25) is 4.79 Å². The second-order valence-corrected chi connectivity index (χ2v) is 6.24. The van der Waals surface area contributed by atoms with Crippen molar-refractivity contribution >= 4 is 18.1 Å². The Balaban J connectivity index is 1.60. The predicted molar refractivity (Wildman–Crippen MR) is 114 cm³/mol. The molecule has 0 fully saturated rings. The van der Waals surface area contributed by atoms with Crippen molar-refractivity contribution in [1.29, 1.82) is 0 Å². The Labute approximate surface area is 178 Å². The maximum atomic E-state index is 12.4. The van der Waals surface area contributed by atoms with E-state index in [2.05, 4.69) is 10.5 Å². The van der Waals surface area contributed by atoms with E-state index in [9.17, 15) is 14.7 Å². The van der Waals surface area contributed by atoms with Crippen LogP contribution in [0.4, 0.5) is 0 Å². The zero-order chi connectivity index (χ0) is 22.2. The number of carbonyl (C=O) groups excluding carboxylic acids is 2. The molecular weight excluding hydrogens is 400 g/mol. The molecule has 8 heteroatoms. The molecule has 0 aliphatic rings. The lowest BCUT2D eigenvalue weighted by atomic mass is 10.2. The van der Waals surface area contributed by atoms with Crippen LogP contribution in [0.2, 0.25) is 0 Å². The number of phenols is 1. The van der Waals surface area contributed by atoms with Gasteiger partial charge in [-0.15, -0.1) is 0 Å².